The minimum atomic E-state index is -3.96. The van der Waals surface area contributed by atoms with E-state index in [4.69, 9.17) is 16.3 Å². The minimum absolute atomic E-state index is 0.0678. The summed E-state index contributed by atoms with van der Waals surface area (Å²) in [5.74, 6) is 0.714. The highest BCUT2D eigenvalue weighted by atomic mass is 35.5. The van der Waals surface area contributed by atoms with Crippen molar-refractivity contribution in [3.63, 3.8) is 0 Å². The third-order valence-corrected chi connectivity index (χ3v) is 6.69. The Morgan fingerprint density at radius 3 is 2.50 bits per heavy atom. The van der Waals surface area contributed by atoms with Crippen LogP contribution in [0, 0.1) is 13.8 Å². The molecule has 4 rings (SSSR count). The zero-order valence-electron chi connectivity index (χ0n) is 17.6. The number of anilines is 1. The van der Waals surface area contributed by atoms with Gasteiger partial charge in [0, 0.05) is 5.02 Å². The van der Waals surface area contributed by atoms with E-state index in [-0.39, 0.29) is 21.2 Å². The standard InChI is InChI=1S/C23H20ClN3O4S/c1-14-12-17(27-15(2)25-20-7-5-4-6-18(20)23(27)28)9-10-19(14)26-32(29,30)22-13-16(24)8-11-21(22)31-3/h4-13,26H,1-3H3. The zero-order valence-corrected chi connectivity index (χ0v) is 19.2. The number of ether oxygens (including phenoxy) is 1. The molecule has 0 atom stereocenters. The Hall–Kier alpha value is -3.36. The molecule has 0 fully saturated rings. The minimum Gasteiger partial charge on any atom is -0.495 e. The highest BCUT2D eigenvalue weighted by Crippen LogP contribution is 2.30. The van der Waals surface area contributed by atoms with Gasteiger partial charge in [0.25, 0.3) is 15.6 Å². The smallest absolute Gasteiger partial charge is 0.265 e. The molecule has 0 radical (unpaired) electrons. The number of rotatable bonds is 5. The lowest BCUT2D eigenvalue weighted by atomic mass is 10.1. The molecule has 164 valence electrons. The molecule has 32 heavy (non-hydrogen) atoms. The number of fused-ring (bicyclic) bond motifs is 1. The average Bonchev–Trinajstić information content (AvgIpc) is 2.75. The van der Waals surface area contributed by atoms with Crippen molar-refractivity contribution >= 4 is 38.2 Å². The van der Waals surface area contributed by atoms with Crippen LogP contribution in [-0.2, 0) is 10.0 Å². The SMILES string of the molecule is COc1ccc(Cl)cc1S(=O)(=O)Nc1ccc(-n2c(C)nc3ccccc3c2=O)cc1C. The fraction of sp³-hybridized carbons (Fsp3) is 0.130. The number of hydrogen-bond donors (Lipinski definition) is 1. The second-order valence-corrected chi connectivity index (χ2v) is 9.30. The molecule has 0 aliphatic rings. The van der Waals surface area contributed by atoms with Crippen molar-refractivity contribution in [2.45, 2.75) is 18.7 Å². The maximum absolute atomic E-state index is 13.0. The molecule has 9 heteroatoms. The number of nitrogens with one attached hydrogen (secondary N) is 1. The van der Waals surface area contributed by atoms with Gasteiger partial charge in [-0.1, -0.05) is 23.7 Å². The molecule has 0 saturated carbocycles. The van der Waals surface area contributed by atoms with Crippen LogP contribution in [0.25, 0.3) is 16.6 Å². The Bertz CT molecular complexity index is 1510. The number of para-hydroxylation sites is 1. The molecule has 0 amide bonds. The summed E-state index contributed by atoms with van der Waals surface area (Å²) in [6.45, 7) is 3.51. The van der Waals surface area contributed by atoms with E-state index in [1.54, 1.807) is 56.3 Å². The van der Waals surface area contributed by atoms with Crippen molar-refractivity contribution in [3.05, 3.63) is 87.4 Å². The number of nitrogens with zero attached hydrogens (tertiary/aromatic N) is 2. The van der Waals surface area contributed by atoms with Crippen LogP contribution in [0.1, 0.15) is 11.4 Å². The van der Waals surface area contributed by atoms with Crippen molar-refractivity contribution in [3.8, 4) is 11.4 Å². The predicted molar refractivity (Wildman–Crippen MR) is 126 cm³/mol. The van der Waals surface area contributed by atoms with Crippen LogP contribution in [0.3, 0.4) is 0 Å². The van der Waals surface area contributed by atoms with Gasteiger partial charge in [-0.15, -0.1) is 0 Å². The fourth-order valence-corrected chi connectivity index (χ4v) is 5.07. The summed E-state index contributed by atoms with van der Waals surface area (Å²) in [7, 11) is -2.58. The van der Waals surface area contributed by atoms with E-state index in [2.05, 4.69) is 9.71 Å². The normalized spacial score (nSPS) is 11.5. The molecular weight excluding hydrogens is 450 g/mol. The number of hydrogen-bond acceptors (Lipinski definition) is 5. The molecule has 1 heterocycles. The molecule has 3 aromatic carbocycles. The second kappa shape index (κ2) is 8.29. The number of aromatic nitrogens is 2. The third kappa shape index (κ3) is 3.94. The number of sulfonamides is 1. The lowest BCUT2D eigenvalue weighted by molar-refractivity contribution is 0.403. The monoisotopic (exact) mass is 469 g/mol. The van der Waals surface area contributed by atoms with Gasteiger partial charge in [-0.25, -0.2) is 13.4 Å². The first-order chi connectivity index (χ1) is 15.2. The number of benzene rings is 3. The third-order valence-electron chi connectivity index (χ3n) is 5.07. The highest BCUT2D eigenvalue weighted by molar-refractivity contribution is 7.92. The van der Waals surface area contributed by atoms with Gasteiger partial charge in [0.2, 0.25) is 0 Å². The molecule has 7 nitrogen and oxygen atoms in total. The average molecular weight is 470 g/mol. The topological polar surface area (TPSA) is 90.3 Å². The van der Waals surface area contributed by atoms with Crippen LogP contribution in [0.15, 0.2) is 70.4 Å². The van der Waals surface area contributed by atoms with Crippen LogP contribution in [0.4, 0.5) is 5.69 Å². The molecule has 0 bridgehead atoms. The lowest BCUT2D eigenvalue weighted by Crippen LogP contribution is -2.22. The molecule has 1 N–H and O–H groups in total. The first kappa shape index (κ1) is 21.9. The van der Waals surface area contributed by atoms with E-state index in [0.29, 0.717) is 33.7 Å². The summed E-state index contributed by atoms with van der Waals surface area (Å²) in [4.78, 5) is 17.5. The summed E-state index contributed by atoms with van der Waals surface area (Å²) >= 11 is 5.99. The van der Waals surface area contributed by atoms with E-state index in [1.165, 1.54) is 23.8 Å². The molecule has 0 unspecified atom stereocenters. The highest BCUT2D eigenvalue weighted by Gasteiger charge is 2.21. The quantitative estimate of drug-likeness (QED) is 0.466. The van der Waals surface area contributed by atoms with Gasteiger partial charge in [0.1, 0.15) is 16.5 Å². The number of methoxy groups -OCH3 is 1. The summed E-state index contributed by atoms with van der Waals surface area (Å²) in [6.07, 6.45) is 0. The maximum atomic E-state index is 13.0. The maximum Gasteiger partial charge on any atom is 0.265 e. The summed E-state index contributed by atoms with van der Waals surface area (Å²) in [6, 6.07) is 16.5. The predicted octanol–water partition coefficient (Wildman–Crippen LogP) is 4.47. The van der Waals surface area contributed by atoms with Crippen LogP contribution in [-0.4, -0.2) is 25.1 Å². The van der Waals surface area contributed by atoms with Crippen LogP contribution >= 0.6 is 11.6 Å². The Kier molecular flexibility index (Phi) is 5.66. The van der Waals surface area contributed by atoms with Gasteiger partial charge in [0.05, 0.1) is 29.4 Å². The van der Waals surface area contributed by atoms with Crippen molar-refractivity contribution < 1.29 is 13.2 Å². The van der Waals surface area contributed by atoms with E-state index in [0.717, 1.165) is 0 Å². The molecule has 1 aromatic heterocycles. The second-order valence-electron chi connectivity index (χ2n) is 7.22. The van der Waals surface area contributed by atoms with E-state index < -0.39 is 10.0 Å². The molecule has 0 saturated heterocycles. The Balaban J connectivity index is 1.75. The van der Waals surface area contributed by atoms with Crippen LogP contribution in [0.2, 0.25) is 5.02 Å². The van der Waals surface area contributed by atoms with E-state index in [9.17, 15) is 13.2 Å². The Labute approximate surface area is 190 Å². The molecular formula is C23H20ClN3O4S. The van der Waals surface area contributed by atoms with Crippen molar-refractivity contribution in [1.82, 2.24) is 9.55 Å². The summed E-state index contributed by atoms with van der Waals surface area (Å²) in [5.41, 5.74) is 2.03. The van der Waals surface area contributed by atoms with Gasteiger partial charge in [-0.2, -0.15) is 0 Å². The molecule has 0 aliphatic heterocycles. The molecule has 4 aromatic rings. The summed E-state index contributed by atoms with van der Waals surface area (Å²) in [5, 5.41) is 0.783. The first-order valence-electron chi connectivity index (χ1n) is 9.67. The number of aryl methyl sites for hydroxylation is 2. The summed E-state index contributed by atoms with van der Waals surface area (Å²) < 4.78 is 35.2. The first-order valence-corrected chi connectivity index (χ1v) is 11.5. The van der Waals surface area contributed by atoms with Crippen molar-refractivity contribution in [1.29, 1.82) is 0 Å². The van der Waals surface area contributed by atoms with Gasteiger partial charge in [-0.3, -0.25) is 14.1 Å². The van der Waals surface area contributed by atoms with E-state index >= 15 is 0 Å². The van der Waals surface area contributed by atoms with Crippen molar-refractivity contribution in [2.24, 2.45) is 0 Å². The van der Waals surface area contributed by atoms with Crippen LogP contribution in [0.5, 0.6) is 5.75 Å². The van der Waals surface area contributed by atoms with Gasteiger partial charge in [0.15, 0.2) is 0 Å². The largest absolute Gasteiger partial charge is 0.495 e. The van der Waals surface area contributed by atoms with Crippen LogP contribution < -0.4 is 15.0 Å². The number of halogens is 1. The lowest BCUT2D eigenvalue weighted by Gasteiger charge is -2.16. The molecule has 0 spiro atoms. The fourth-order valence-electron chi connectivity index (χ4n) is 3.51. The van der Waals surface area contributed by atoms with E-state index in [1.807, 2.05) is 6.07 Å². The van der Waals surface area contributed by atoms with Gasteiger partial charge < -0.3 is 4.74 Å². The Morgan fingerprint density at radius 1 is 1.03 bits per heavy atom. The Morgan fingerprint density at radius 2 is 1.78 bits per heavy atom. The molecule has 0 aliphatic carbocycles. The van der Waals surface area contributed by atoms with Gasteiger partial charge >= 0.3 is 0 Å². The zero-order chi connectivity index (χ0) is 23.0. The van der Waals surface area contributed by atoms with Crippen molar-refractivity contribution in [2.75, 3.05) is 11.8 Å². The van der Waals surface area contributed by atoms with Gasteiger partial charge in [-0.05, 0) is 67.9 Å².